The summed E-state index contributed by atoms with van der Waals surface area (Å²) in [4.78, 5) is 42.2. The molecule has 2 aliphatic heterocycles. The molecule has 1 aromatic heterocycles. The summed E-state index contributed by atoms with van der Waals surface area (Å²) in [5, 5.41) is 5.83. The van der Waals surface area contributed by atoms with Crippen LogP contribution in [-0.2, 0) is 31.2 Å². The van der Waals surface area contributed by atoms with Crippen molar-refractivity contribution in [2.24, 2.45) is 13.0 Å². The number of halogens is 2. The quantitative estimate of drug-likeness (QED) is 0.462. The summed E-state index contributed by atoms with van der Waals surface area (Å²) in [7, 11) is -2.06. The minimum Gasteiger partial charge on any atom is -0.466 e. The van der Waals surface area contributed by atoms with E-state index in [1.54, 1.807) is 26.0 Å². The third-order valence-corrected chi connectivity index (χ3v) is 8.28. The van der Waals surface area contributed by atoms with Crippen LogP contribution in [-0.4, -0.2) is 62.1 Å². The fourth-order valence-corrected chi connectivity index (χ4v) is 6.62. The van der Waals surface area contributed by atoms with Gasteiger partial charge >= 0.3 is 5.97 Å². The number of sulfone groups is 1. The van der Waals surface area contributed by atoms with Crippen molar-refractivity contribution in [3.8, 4) is 0 Å². The van der Waals surface area contributed by atoms with Crippen molar-refractivity contribution in [1.82, 2.24) is 15.2 Å². The highest BCUT2D eigenvalue weighted by molar-refractivity contribution is 7.91. The third-order valence-electron chi connectivity index (χ3n) is 7.44. The summed E-state index contributed by atoms with van der Waals surface area (Å²) in [5.74, 6) is -4.69. The summed E-state index contributed by atoms with van der Waals surface area (Å²) in [6, 6.07) is 2.27. The van der Waals surface area contributed by atoms with Crippen LogP contribution in [0.5, 0.6) is 0 Å². The van der Waals surface area contributed by atoms with Gasteiger partial charge in [-0.1, -0.05) is 0 Å². The van der Waals surface area contributed by atoms with E-state index in [9.17, 15) is 27.2 Å². The van der Waals surface area contributed by atoms with Gasteiger partial charge in [0.05, 0.1) is 35.3 Å². The Balaban J connectivity index is 1.87. The van der Waals surface area contributed by atoms with E-state index in [2.05, 4.69) is 10.6 Å². The first kappa shape index (κ1) is 29.2. The Morgan fingerprint density at radius 3 is 2.55 bits per heavy atom. The number of rotatable bonds is 7. The minimum atomic E-state index is -3.59. The van der Waals surface area contributed by atoms with Gasteiger partial charge in [0, 0.05) is 43.9 Å². The van der Waals surface area contributed by atoms with Crippen LogP contribution >= 0.6 is 0 Å². The number of aryl methyl sites for hydroxylation is 1. The lowest BCUT2D eigenvalue weighted by atomic mass is 9.79. The van der Waals surface area contributed by atoms with Crippen LogP contribution in [0.1, 0.15) is 25.0 Å². The largest absolute Gasteiger partial charge is 0.466 e. The summed E-state index contributed by atoms with van der Waals surface area (Å²) in [5.41, 5.74) is 1.18. The lowest BCUT2D eigenvalue weighted by Gasteiger charge is -2.41. The number of nitrogens with one attached hydrogen (secondary N) is 2. The number of anilines is 1. The number of esters is 1. The maximum Gasteiger partial charge on any atom is 0.314 e. The normalized spacial score (nSPS) is 21.0. The van der Waals surface area contributed by atoms with Gasteiger partial charge in [-0.2, -0.15) is 0 Å². The van der Waals surface area contributed by atoms with E-state index in [1.807, 2.05) is 0 Å². The zero-order valence-electron chi connectivity index (χ0n) is 23.4. The Kier molecular flexibility index (Phi) is 7.56. The first-order chi connectivity index (χ1) is 19.9. The molecule has 1 amide bonds. The second kappa shape index (κ2) is 10.9. The van der Waals surface area contributed by atoms with Gasteiger partial charge in [0.2, 0.25) is 5.91 Å². The van der Waals surface area contributed by atoms with E-state index in [1.165, 1.54) is 35.0 Å². The molecule has 0 spiro atoms. The van der Waals surface area contributed by atoms with Gasteiger partial charge in [-0.15, -0.1) is 0 Å². The van der Waals surface area contributed by atoms with Crippen LogP contribution in [0.3, 0.4) is 0 Å². The number of hydrogen-bond donors (Lipinski definition) is 2. The number of allylic oxidation sites excluding steroid dienone is 1. The molecule has 5 rings (SSSR count). The fraction of sp³-hybridized carbons (Fsp3) is 0.345. The van der Waals surface area contributed by atoms with Crippen LogP contribution in [0.4, 0.5) is 14.5 Å². The van der Waals surface area contributed by atoms with Gasteiger partial charge in [-0.05, 0) is 54.8 Å². The van der Waals surface area contributed by atoms with Crippen molar-refractivity contribution >= 4 is 38.7 Å². The Morgan fingerprint density at radius 2 is 1.90 bits per heavy atom. The predicted molar refractivity (Wildman–Crippen MR) is 153 cm³/mol. The molecule has 0 saturated heterocycles. The van der Waals surface area contributed by atoms with Crippen LogP contribution < -0.4 is 21.1 Å². The standard InChI is InChI=1S/C29H30F2N4O6S/c1-5-32-27(36)25-23(29(38)41-6-2)26-21-15(13-35(26)20-8-7-17(30)12-19(20)31)11-16(14-42(4,39)40)18-9-10-34(3)28(37)22(18)24(21)33-25/h7-13,23,25-26,33H,5-6,14H2,1-4H3,(H,32,36). The smallest absolute Gasteiger partial charge is 0.314 e. The van der Waals surface area contributed by atoms with Crippen LogP contribution in [0, 0.1) is 17.6 Å². The molecule has 2 aromatic rings. The molecular formula is C29H30F2N4O6S. The molecule has 222 valence electrons. The summed E-state index contributed by atoms with van der Waals surface area (Å²) in [6.45, 7) is 3.56. The molecule has 3 aliphatic rings. The van der Waals surface area contributed by atoms with Crippen LogP contribution in [0.2, 0.25) is 0 Å². The number of pyridine rings is 1. The maximum atomic E-state index is 15.3. The fourth-order valence-electron chi connectivity index (χ4n) is 5.81. The van der Waals surface area contributed by atoms with Crippen LogP contribution in [0.15, 0.2) is 58.7 Å². The van der Waals surface area contributed by atoms with E-state index in [0.717, 1.165) is 12.3 Å². The molecule has 10 nitrogen and oxygen atoms in total. The zero-order chi connectivity index (χ0) is 30.5. The highest BCUT2D eigenvalue weighted by Crippen LogP contribution is 2.47. The van der Waals surface area contributed by atoms with Crippen molar-refractivity contribution in [2.75, 3.05) is 30.1 Å². The highest BCUT2D eigenvalue weighted by atomic mass is 32.2. The Morgan fingerprint density at radius 1 is 1.17 bits per heavy atom. The summed E-state index contributed by atoms with van der Waals surface area (Å²) < 4.78 is 60.9. The van der Waals surface area contributed by atoms with Crippen molar-refractivity contribution < 1.29 is 31.5 Å². The number of hydrogen-bond acceptors (Lipinski definition) is 8. The summed E-state index contributed by atoms with van der Waals surface area (Å²) in [6.07, 6.45) is 5.69. The molecule has 42 heavy (non-hydrogen) atoms. The monoisotopic (exact) mass is 600 g/mol. The molecule has 2 N–H and O–H groups in total. The number of likely N-dealkylation sites (N-methyl/N-ethyl adjacent to an activating group) is 1. The van der Waals surface area contributed by atoms with Gasteiger partial charge in [0.1, 0.15) is 23.6 Å². The molecule has 0 fully saturated rings. The molecule has 3 unspecified atom stereocenters. The Labute approximate surface area is 241 Å². The number of nitrogens with zero attached hydrogens (tertiary/aromatic N) is 2. The number of carbonyl (C=O) groups is 2. The van der Waals surface area contributed by atoms with Crippen molar-refractivity contribution in [2.45, 2.75) is 25.9 Å². The molecule has 13 heteroatoms. The van der Waals surface area contributed by atoms with E-state index in [-0.39, 0.29) is 30.1 Å². The first-order valence-electron chi connectivity index (χ1n) is 13.4. The number of fused-ring (bicyclic) bond motifs is 2. The lowest BCUT2D eigenvalue weighted by Crippen LogP contribution is -2.60. The highest BCUT2D eigenvalue weighted by Gasteiger charge is 2.53. The van der Waals surface area contributed by atoms with Gasteiger partial charge in [-0.25, -0.2) is 17.2 Å². The molecule has 3 heterocycles. The molecule has 1 aliphatic carbocycles. The number of amides is 1. The van der Waals surface area contributed by atoms with Crippen molar-refractivity contribution in [3.05, 3.63) is 87.0 Å². The van der Waals surface area contributed by atoms with Gasteiger partial charge in [0.15, 0.2) is 9.84 Å². The number of ether oxygens (including phenoxy) is 1. The molecule has 0 radical (unpaired) electrons. The molecular weight excluding hydrogens is 570 g/mol. The van der Waals surface area contributed by atoms with Gasteiger partial charge < -0.3 is 24.8 Å². The molecule has 0 bridgehead atoms. The van der Waals surface area contributed by atoms with Gasteiger partial charge in [-0.3, -0.25) is 14.4 Å². The van der Waals surface area contributed by atoms with E-state index < -0.39 is 62.7 Å². The zero-order valence-corrected chi connectivity index (χ0v) is 24.2. The SMILES string of the molecule is CCNC(=O)C1NC2=C3C(=CN(c4ccc(F)cc4F)C3C1C(=O)OCC)C=C(CS(C)(=O)=O)c1ccn(C)c(=O)c12. The topological polar surface area (TPSA) is 127 Å². The molecule has 3 atom stereocenters. The maximum absolute atomic E-state index is 15.3. The van der Waals surface area contributed by atoms with E-state index in [4.69, 9.17) is 4.74 Å². The average Bonchev–Trinajstić information content (AvgIpc) is 3.21. The number of carbonyl (C=O) groups excluding carboxylic acids is 2. The second-order valence-electron chi connectivity index (χ2n) is 10.4. The van der Waals surface area contributed by atoms with E-state index >= 15 is 4.39 Å². The Hall–Kier alpha value is -4.26. The molecule has 1 aromatic carbocycles. The first-order valence-corrected chi connectivity index (χ1v) is 15.4. The average molecular weight is 601 g/mol. The van der Waals surface area contributed by atoms with E-state index in [0.29, 0.717) is 28.3 Å². The summed E-state index contributed by atoms with van der Waals surface area (Å²) >= 11 is 0. The van der Waals surface area contributed by atoms with Crippen LogP contribution in [0.25, 0.3) is 11.3 Å². The predicted octanol–water partition coefficient (Wildman–Crippen LogP) is 1.88. The number of aromatic nitrogens is 1. The van der Waals surface area contributed by atoms with Crippen molar-refractivity contribution in [3.63, 3.8) is 0 Å². The minimum absolute atomic E-state index is 0.00303. The third kappa shape index (κ3) is 5.02. The second-order valence-corrected chi connectivity index (χ2v) is 12.5. The van der Waals surface area contributed by atoms with Gasteiger partial charge in [0.25, 0.3) is 5.56 Å². The molecule has 0 saturated carbocycles. The van der Waals surface area contributed by atoms with Crippen molar-refractivity contribution in [1.29, 1.82) is 0 Å². The number of benzene rings is 1. The Bertz CT molecular complexity index is 1760. The lowest BCUT2D eigenvalue weighted by molar-refractivity contribution is -0.151.